The molecule has 0 aliphatic rings. The molecule has 0 aromatic heterocycles. The third-order valence-corrected chi connectivity index (χ3v) is 4.50. The maximum atomic E-state index is 12.5. The van der Waals surface area contributed by atoms with Crippen LogP contribution in [0.15, 0.2) is 42.5 Å². The number of quaternary nitrogens is 1. The van der Waals surface area contributed by atoms with E-state index in [2.05, 4.69) is 41.4 Å². The fourth-order valence-electron chi connectivity index (χ4n) is 2.85. The predicted molar refractivity (Wildman–Crippen MR) is 109 cm³/mol. The van der Waals surface area contributed by atoms with Crippen LogP contribution in [0.1, 0.15) is 12.5 Å². The van der Waals surface area contributed by atoms with Gasteiger partial charge in [0, 0.05) is 31.4 Å². The number of ether oxygens (including phenoxy) is 2. The fraction of sp³-hybridized carbons (Fsp3) is 0.381. The summed E-state index contributed by atoms with van der Waals surface area (Å²) in [5, 5.41) is 2.94. The van der Waals surface area contributed by atoms with Crippen LogP contribution in [0.4, 0.5) is 11.4 Å². The highest BCUT2D eigenvalue weighted by Gasteiger charge is 2.16. The van der Waals surface area contributed by atoms with Crippen molar-refractivity contribution in [2.45, 2.75) is 13.5 Å². The van der Waals surface area contributed by atoms with Crippen molar-refractivity contribution in [2.75, 3.05) is 51.6 Å². The first kappa shape index (κ1) is 20.6. The van der Waals surface area contributed by atoms with Crippen LogP contribution in [0.25, 0.3) is 0 Å². The van der Waals surface area contributed by atoms with Gasteiger partial charge in [0.05, 0.1) is 26.5 Å². The van der Waals surface area contributed by atoms with Gasteiger partial charge in [-0.2, -0.15) is 0 Å². The lowest BCUT2D eigenvalue weighted by Crippen LogP contribution is -3.11. The smallest absolute Gasteiger partial charge is 0.279 e. The standard InChI is InChI=1S/C21H29N3O3/c1-6-24(14-16-7-9-17(10-8-16)23(2)3)15-21(25)22-19-13-18(26-4)11-12-20(19)27-5/h7-13H,6,14-15H2,1-5H3,(H,22,25)/p+1. The van der Waals surface area contributed by atoms with E-state index in [9.17, 15) is 4.79 Å². The Labute approximate surface area is 161 Å². The third kappa shape index (κ3) is 5.89. The number of likely N-dealkylation sites (N-methyl/N-ethyl adjacent to an activating group) is 1. The van der Waals surface area contributed by atoms with Crippen LogP contribution >= 0.6 is 0 Å². The Hall–Kier alpha value is -2.73. The molecule has 2 aromatic carbocycles. The molecule has 1 unspecified atom stereocenters. The average Bonchev–Trinajstić information content (AvgIpc) is 2.67. The molecule has 0 aliphatic heterocycles. The van der Waals surface area contributed by atoms with Gasteiger partial charge in [-0.05, 0) is 31.2 Å². The van der Waals surface area contributed by atoms with E-state index < -0.39 is 0 Å². The minimum absolute atomic E-state index is 0.0525. The monoisotopic (exact) mass is 372 g/mol. The Morgan fingerprint density at radius 2 is 1.78 bits per heavy atom. The van der Waals surface area contributed by atoms with Crippen molar-refractivity contribution in [3.63, 3.8) is 0 Å². The van der Waals surface area contributed by atoms with Crippen molar-refractivity contribution in [2.24, 2.45) is 0 Å². The molecule has 6 heteroatoms. The molecule has 0 saturated carbocycles. The number of rotatable bonds is 9. The molecule has 2 rings (SSSR count). The maximum absolute atomic E-state index is 12.5. The van der Waals surface area contributed by atoms with Gasteiger partial charge in [0.15, 0.2) is 6.54 Å². The summed E-state index contributed by atoms with van der Waals surface area (Å²) >= 11 is 0. The third-order valence-electron chi connectivity index (χ3n) is 4.50. The van der Waals surface area contributed by atoms with E-state index in [1.807, 2.05) is 14.1 Å². The number of nitrogens with one attached hydrogen (secondary N) is 2. The molecule has 1 atom stereocenters. The summed E-state index contributed by atoms with van der Waals surface area (Å²) in [6.45, 7) is 4.13. The number of amides is 1. The van der Waals surface area contributed by atoms with E-state index in [1.165, 1.54) is 16.2 Å². The van der Waals surface area contributed by atoms with Crippen LogP contribution < -0.4 is 24.6 Å². The average molecular weight is 372 g/mol. The molecule has 2 aromatic rings. The molecule has 0 saturated heterocycles. The normalized spacial score (nSPS) is 11.6. The van der Waals surface area contributed by atoms with E-state index in [0.29, 0.717) is 23.7 Å². The number of anilines is 2. The Balaban J connectivity index is 2.00. The molecule has 6 nitrogen and oxygen atoms in total. The number of hydrogen-bond acceptors (Lipinski definition) is 4. The summed E-state index contributed by atoms with van der Waals surface area (Å²) in [6.07, 6.45) is 0. The van der Waals surface area contributed by atoms with E-state index in [4.69, 9.17) is 9.47 Å². The molecular weight excluding hydrogens is 342 g/mol. The highest BCUT2D eigenvalue weighted by Crippen LogP contribution is 2.28. The van der Waals surface area contributed by atoms with Gasteiger partial charge < -0.3 is 24.6 Å². The summed E-state index contributed by atoms with van der Waals surface area (Å²) in [6, 6.07) is 13.8. The van der Waals surface area contributed by atoms with Crippen LogP contribution in [-0.4, -0.2) is 47.3 Å². The van der Waals surface area contributed by atoms with Crippen molar-refractivity contribution in [3.8, 4) is 11.5 Å². The predicted octanol–water partition coefficient (Wildman–Crippen LogP) is 1.81. The first-order chi connectivity index (χ1) is 13.0. The fourth-order valence-corrected chi connectivity index (χ4v) is 2.85. The zero-order valence-electron chi connectivity index (χ0n) is 16.8. The topological polar surface area (TPSA) is 55.2 Å². The molecule has 146 valence electrons. The molecule has 0 fully saturated rings. The largest absolute Gasteiger partial charge is 0.497 e. The second kappa shape index (κ2) is 9.83. The van der Waals surface area contributed by atoms with Gasteiger partial charge in [-0.3, -0.25) is 4.79 Å². The molecule has 27 heavy (non-hydrogen) atoms. The number of benzene rings is 2. The Morgan fingerprint density at radius 3 is 2.33 bits per heavy atom. The van der Waals surface area contributed by atoms with Gasteiger partial charge in [-0.25, -0.2) is 0 Å². The second-order valence-electron chi connectivity index (χ2n) is 6.63. The minimum atomic E-state index is -0.0525. The molecule has 0 aliphatic carbocycles. The van der Waals surface area contributed by atoms with Crippen molar-refractivity contribution < 1.29 is 19.2 Å². The number of nitrogens with zero attached hydrogens (tertiary/aromatic N) is 1. The van der Waals surface area contributed by atoms with Crippen LogP contribution in [0, 0.1) is 0 Å². The van der Waals surface area contributed by atoms with Gasteiger partial charge in [0.2, 0.25) is 0 Å². The van der Waals surface area contributed by atoms with Crippen molar-refractivity contribution in [3.05, 3.63) is 48.0 Å². The molecule has 0 heterocycles. The SMILES string of the molecule is CC[NH+](CC(=O)Nc1cc(OC)ccc1OC)Cc1ccc(N(C)C)cc1. The van der Waals surface area contributed by atoms with Gasteiger partial charge in [0.1, 0.15) is 18.0 Å². The Kier molecular flexibility index (Phi) is 7.49. The first-order valence-corrected chi connectivity index (χ1v) is 9.08. The van der Waals surface area contributed by atoms with Gasteiger partial charge in [-0.1, -0.05) is 12.1 Å². The summed E-state index contributed by atoms with van der Waals surface area (Å²) in [4.78, 5) is 15.8. The van der Waals surface area contributed by atoms with E-state index in [-0.39, 0.29) is 5.91 Å². The van der Waals surface area contributed by atoms with E-state index >= 15 is 0 Å². The summed E-state index contributed by atoms with van der Waals surface area (Å²) in [5.74, 6) is 1.23. The number of hydrogen-bond donors (Lipinski definition) is 2. The lowest BCUT2D eigenvalue weighted by molar-refractivity contribution is -0.903. The highest BCUT2D eigenvalue weighted by molar-refractivity contribution is 5.93. The molecule has 1 amide bonds. The number of methoxy groups -OCH3 is 2. The summed E-state index contributed by atoms with van der Waals surface area (Å²) < 4.78 is 10.6. The molecule has 0 radical (unpaired) electrons. The van der Waals surface area contributed by atoms with Crippen LogP contribution in [-0.2, 0) is 11.3 Å². The van der Waals surface area contributed by atoms with Gasteiger partial charge >= 0.3 is 0 Å². The lowest BCUT2D eigenvalue weighted by Gasteiger charge is -2.19. The molecule has 0 bridgehead atoms. The quantitative estimate of drug-likeness (QED) is 0.705. The van der Waals surface area contributed by atoms with Gasteiger partial charge in [0.25, 0.3) is 5.91 Å². The van der Waals surface area contributed by atoms with E-state index in [0.717, 1.165) is 13.1 Å². The molecule has 0 spiro atoms. The molecular formula is C21H30N3O3+. The molecule has 2 N–H and O–H groups in total. The Morgan fingerprint density at radius 1 is 1.07 bits per heavy atom. The second-order valence-corrected chi connectivity index (χ2v) is 6.63. The summed E-state index contributed by atoms with van der Waals surface area (Å²) in [7, 11) is 7.22. The van der Waals surface area contributed by atoms with Crippen LogP contribution in [0.2, 0.25) is 0 Å². The number of carbonyl (C=O) groups is 1. The Bertz CT molecular complexity index is 745. The minimum Gasteiger partial charge on any atom is -0.497 e. The zero-order valence-corrected chi connectivity index (χ0v) is 16.8. The zero-order chi connectivity index (χ0) is 19.8. The lowest BCUT2D eigenvalue weighted by atomic mass is 10.2. The first-order valence-electron chi connectivity index (χ1n) is 9.08. The van der Waals surface area contributed by atoms with Crippen LogP contribution in [0.3, 0.4) is 0 Å². The van der Waals surface area contributed by atoms with Crippen molar-refractivity contribution in [1.82, 2.24) is 0 Å². The number of carbonyl (C=O) groups excluding carboxylic acids is 1. The van der Waals surface area contributed by atoms with Crippen LogP contribution in [0.5, 0.6) is 11.5 Å². The van der Waals surface area contributed by atoms with Crippen molar-refractivity contribution in [1.29, 1.82) is 0 Å². The van der Waals surface area contributed by atoms with E-state index in [1.54, 1.807) is 32.4 Å². The maximum Gasteiger partial charge on any atom is 0.279 e. The highest BCUT2D eigenvalue weighted by atomic mass is 16.5. The van der Waals surface area contributed by atoms with Gasteiger partial charge in [-0.15, -0.1) is 0 Å². The summed E-state index contributed by atoms with van der Waals surface area (Å²) in [5.41, 5.74) is 3.00. The van der Waals surface area contributed by atoms with Crippen molar-refractivity contribution >= 4 is 17.3 Å².